The fourth-order valence-corrected chi connectivity index (χ4v) is 13.0. The summed E-state index contributed by atoms with van der Waals surface area (Å²) >= 11 is 7.57. The number of aryl methyl sites for hydroxylation is 2. The minimum absolute atomic E-state index is 0.0852. The highest BCUT2D eigenvalue weighted by Gasteiger charge is 2.42. The number of rotatable bonds is 14. The number of likely N-dealkylation sites (N-methyl/N-ethyl adjacent to an activating group) is 2. The fraction of sp³-hybridized carbons (Fsp3) is 0.242. The lowest BCUT2D eigenvalue weighted by Crippen LogP contribution is -2.28. The maximum atomic E-state index is 11.8. The van der Waals surface area contributed by atoms with E-state index < -0.39 is 21.7 Å². The van der Waals surface area contributed by atoms with E-state index in [1.54, 1.807) is 24.3 Å². The van der Waals surface area contributed by atoms with Crippen molar-refractivity contribution in [1.82, 2.24) is 0 Å². The maximum Gasteiger partial charge on any atom is 0.270 e. The van der Waals surface area contributed by atoms with E-state index in [2.05, 4.69) is 220 Å². The van der Waals surface area contributed by atoms with Crippen molar-refractivity contribution in [1.29, 1.82) is 0 Å². The van der Waals surface area contributed by atoms with E-state index in [1.807, 2.05) is 24.3 Å². The van der Waals surface area contributed by atoms with E-state index in [0.717, 1.165) is 75.5 Å². The molecule has 0 aromatic heterocycles. The van der Waals surface area contributed by atoms with E-state index in [0.29, 0.717) is 12.8 Å². The van der Waals surface area contributed by atoms with Gasteiger partial charge in [-0.2, -0.15) is 0 Å². The Labute approximate surface area is 464 Å². The number of non-ortho nitro benzene ring substituents is 2. The topological polar surface area (TPSA) is 92.8 Å². The second-order valence-corrected chi connectivity index (χ2v) is 24.1. The van der Waals surface area contributed by atoms with E-state index in [1.165, 1.54) is 33.4 Å². The Bertz CT molecular complexity index is 3470. The number of allylic oxidation sites excluding steroid dienone is 10. The monoisotopic (exact) mass is 1130 g/mol. The largest absolute Gasteiger partial charge is 0.347 e. The van der Waals surface area contributed by atoms with Crippen molar-refractivity contribution in [2.75, 3.05) is 23.9 Å². The first-order valence-electron chi connectivity index (χ1n) is 25.5. The van der Waals surface area contributed by atoms with Crippen molar-refractivity contribution in [3.8, 4) is 0 Å². The van der Waals surface area contributed by atoms with Gasteiger partial charge < -0.3 is 9.80 Å². The zero-order chi connectivity index (χ0) is 54.8. The predicted molar refractivity (Wildman–Crippen MR) is 323 cm³/mol. The third-order valence-corrected chi connectivity index (χ3v) is 17.6. The van der Waals surface area contributed by atoms with E-state index in [4.69, 9.17) is 13.2 Å². The number of hydrogen-bond acceptors (Lipinski definition) is 6. The van der Waals surface area contributed by atoms with Crippen molar-refractivity contribution >= 4 is 76.2 Å². The molecule has 0 spiro atoms. The quantitative estimate of drug-likeness (QED) is 0.0612. The van der Waals surface area contributed by atoms with Crippen LogP contribution >= 0.6 is 31.9 Å². The third-order valence-electron chi connectivity index (χ3n) is 16.6. The summed E-state index contributed by atoms with van der Waals surface area (Å²) in [6.45, 7) is 27.2. The van der Waals surface area contributed by atoms with Gasteiger partial charge in [-0.25, -0.2) is 0 Å². The van der Waals surface area contributed by atoms with Gasteiger partial charge in [0.05, 0.1) is 9.85 Å². The van der Waals surface area contributed by atoms with Gasteiger partial charge in [0.25, 0.3) is 11.4 Å². The Morgan fingerprint density at radius 1 is 0.566 bits per heavy atom. The molecule has 0 fully saturated rings. The van der Waals surface area contributed by atoms with Gasteiger partial charge in [0, 0.05) is 91.7 Å². The molecule has 2 aliphatic heterocycles. The fourth-order valence-electron chi connectivity index (χ4n) is 12.3. The zero-order valence-electron chi connectivity index (χ0n) is 45.0. The van der Waals surface area contributed by atoms with Crippen molar-refractivity contribution in [3.63, 3.8) is 0 Å². The molecule has 386 valence electrons. The Kier molecular flexibility index (Phi) is 14.2. The van der Waals surface area contributed by atoms with Crippen LogP contribution in [0.15, 0.2) is 202 Å². The van der Waals surface area contributed by atoms with Crippen LogP contribution in [0.2, 0.25) is 0 Å². The number of anilines is 2. The number of hydrogen-bond donors (Lipinski definition) is 0. The summed E-state index contributed by atoms with van der Waals surface area (Å²) in [5, 5.41) is 27.4. The lowest BCUT2D eigenvalue weighted by atomic mass is 9.69. The highest BCUT2D eigenvalue weighted by molar-refractivity contribution is 9.10. The van der Waals surface area contributed by atoms with Crippen LogP contribution in [0, 0.1) is 34.1 Å². The summed E-state index contributed by atoms with van der Waals surface area (Å²) in [6.07, 6.45) is 14.2. The molecule has 10 heteroatoms. The second-order valence-electron chi connectivity index (χ2n) is 22.2. The van der Waals surface area contributed by atoms with Gasteiger partial charge in [-0.15, -0.1) is 0 Å². The van der Waals surface area contributed by atoms with Gasteiger partial charge in [0.2, 0.25) is 0 Å². The van der Waals surface area contributed by atoms with Crippen LogP contribution in [-0.4, -0.2) is 23.9 Å². The summed E-state index contributed by atoms with van der Waals surface area (Å²) in [4.78, 5) is 27.4. The molecule has 2 heterocycles. The Hall–Kier alpha value is -7.14. The molecule has 0 aliphatic carbocycles. The van der Waals surface area contributed by atoms with Gasteiger partial charge in [-0.3, -0.25) is 20.2 Å². The minimum atomic E-state index is -0.483. The maximum absolute atomic E-state index is 11.8. The number of nitro groups is 2. The SMILES string of the molecule is C=C(/C=C/C=C1/N(C)c2ccc3ccc([N+](=O)[O-])cc3c2C1(C)C)C(C)(Cc1ccc(CC(C)(C(=C)/C=C/C=C2/N(C)c3ccc4ccc([N+](=O)[O-])cc4c3C2(C)C)c2cc(Br)ccc2C)cc1)c1cc(Br)ccc1C. The molecule has 7 aromatic rings. The smallest absolute Gasteiger partial charge is 0.270 e. The first-order chi connectivity index (χ1) is 35.9. The summed E-state index contributed by atoms with van der Waals surface area (Å²) in [7, 11) is 4.13. The average molecular weight is 1140 g/mol. The number of halogens is 2. The molecule has 0 N–H and O–H groups in total. The molecule has 0 bridgehead atoms. The molecule has 2 atom stereocenters. The van der Waals surface area contributed by atoms with E-state index in [9.17, 15) is 20.2 Å². The minimum Gasteiger partial charge on any atom is -0.347 e. The summed E-state index contributed by atoms with van der Waals surface area (Å²) in [6, 6.07) is 40.5. The van der Waals surface area contributed by atoms with Crippen LogP contribution in [0.4, 0.5) is 22.7 Å². The van der Waals surface area contributed by atoms with Crippen LogP contribution < -0.4 is 9.80 Å². The van der Waals surface area contributed by atoms with Crippen LogP contribution in [0.25, 0.3) is 21.5 Å². The molecule has 0 radical (unpaired) electrons. The molecule has 8 nitrogen and oxygen atoms in total. The normalized spacial score (nSPS) is 17.4. The van der Waals surface area contributed by atoms with Gasteiger partial charge >= 0.3 is 0 Å². The molecule has 2 aliphatic rings. The molecule has 2 unspecified atom stereocenters. The van der Waals surface area contributed by atoms with Crippen molar-refractivity contribution in [2.45, 2.75) is 89.9 Å². The molecular weight excluding hydrogens is 1070 g/mol. The van der Waals surface area contributed by atoms with Gasteiger partial charge in [-0.1, -0.05) is 159 Å². The molecule has 0 saturated carbocycles. The zero-order valence-corrected chi connectivity index (χ0v) is 48.2. The molecule has 9 rings (SSSR count). The number of nitro benzene ring substituents is 2. The Morgan fingerprint density at radius 3 is 1.28 bits per heavy atom. The number of fused-ring (bicyclic) bond motifs is 6. The Balaban J connectivity index is 0.999. The van der Waals surface area contributed by atoms with Crippen LogP contribution in [-0.2, 0) is 34.5 Å². The van der Waals surface area contributed by atoms with Crippen LogP contribution in [0.1, 0.15) is 86.1 Å². The number of benzene rings is 7. The first kappa shape index (κ1) is 53.7. The highest BCUT2D eigenvalue weighted by Crippen LogP contribution is 2.52. The first-order valence-corrected chi connectivity index (χ1v) is 27.1. The summed E-state index contributed by atoms with van der Waals surface area (Å²) in [5.41, 5.74) is 13.8. The molecule has 76 heavy (non-hydrogen) atoms. The Morgan fingerprint density at radius 2 is 0.921 bits per heavy atom. The van der Waals surface area contributed by atoms with Gasteiger partial charge in [-0.05, 0) is 165 Å². The number of nitrogens with zero attached hydrogens (tertiary/aromatic N) is 4. The molecular formula is C66H64Br2N4O4. The van der Waals surface area contributed by atoms with Crippen molar-refractivity contribution in [2.24, 2.45) is 0 Å². The highest BCUT2D eigenvalue weighted by atomic mass is 79.9. The lowest BCUT2D eigenvalue weighted by molar-refractivity contribution is -0.384. The molecule has 0 amide bonds. The van der Waals surface area contributed by atoms with Gasteiger partial charge in [0.15, 0.2) is 0 Å². The third kappa shape index (κ3) is 9.48. The summed E-state index contributed by atoms with van der Waals surface area (Å²) < 4.78 is 2.01. The average Bonchev–Trinajstić information content (AvgIpc) is 3.71. The second kappa shape index (κ2) is 20.1. The van der Waals surface area contributed by atoms with E-state index >= 15 is 0 Å². The molecule has 7 aromatic carbocycles. The van der Waals surface area contributed by atoms with E-state index in [-0.39, 0.29) is 21.2 Å². The summed E-state index contributed by atoms with van der Waals surface area (Å²) in [5.74, 6) is 0. The van der Waals surface area contributed by atoms with Crippen molar-refractivity contribution in [3.05, 3.63) is 267 Å². The predicted octanol–water partition coefficient (Wildman–Crippen LogP) is 17.8. The standard InChI is InChI=1S/C66H64Br2N4O4/c1-41-19-29-49(67)35-55(41)65(9,43(3)15-13-17-59-63(5,6)61-53-37-51(71(73)74)31-25-47(53)27-33-57(61)69(59)11)39-45-21-23-46(24-22-45)40-66(10,56-36-50(68)30-20-42(56)2)44(4)16-14-18-60-64(7,8)62-54-38-52(72(75)76)32-26-48(54)28-34-58(62)70(60)12/h13-38H,3-4,39-40H2,1-2,5-12H3/b15-13+,16-14+,59-17+,60-18+. The molecule has 0 saturated heterocycles. The van der Waals surface area contributed by atoms with Crippen LogP contribution in [0.3, 0.4) is 0 Å². The van der Waals surface area contributed by atoms with Crippen molar-refractivity contribution < 1.29 is 9.85 Å². The lowest BCUT2D eigenvalue weighted by Gasteiger charge is -2.34. The van der Waals surface area contributed by atoms with Gasteiger partial charge in [0.1, 0.15) is 0 Å². The van der Waals surface area contributed by atoms with Crippen LogP contribution in [0.5, 0.6) is 0 Å².